The highest BCUT2D eigenvalue weighted by Crippen LogP contribution is 2.18. The minimum Gasteiger partial charge on any atom is -0.390 e. The smallest absolute Gasteiger partial charge is 0.333 e. The predicted molar refractivity (Wildman–Crippen MR) is 137 cm³/mol. The first kappa shape index (κ1) is 24.2. The van der Waals surface area contributed by atoms with Gasteiger partial charge in [0.2, 0.25) is 0 Å². The zero-order valence-corrected chi connectivity index (χ0v) is 20.4. The van der Waals surface area contributed by atoms with Crippen LogP contribution >= 0.6 is 0 Å². The summed E-state index contributed by atoms with van der Waals surface area (Å²) >= 11 is 0. The van der Waals surface area contributed by atoms with Gasteiger partial charge in [0, 0.05) is 33.3 Å². The monoisotopic (exact) mass is 489 g/mol. The van der Waals surface area contributed by atoms with Crippen LogP contribution in [0.1, 0.15) is 16.7 Å². The lowest BCUT2D eigenvalue weighted by atomic mass is 10.00. The van der Waals surface area contributed by atoms with Crippen molar-refractivity contribution in [2.75, 3.05) is 26.8 Å². The summed E-state index contributed by atoms with van der Waals surface area (Å²) in [6.07, 6.45) is 1.61. The lowest BCUT2D eigenvalue weighted by Crippen LogP contribution is -2.46. The molecule has 9 nitrogen and oxygen atoms in total. The number of ether oxygens (including phenoxy) is 1. The van der Waals surface area contributed by atoms with Crippen LogP contribution in [-0.2, 0) is 37.3 Å². The first-order chi connectivity index (χ1) is 17.5. The molecule has 0 spiro atoms. The number of β-amino-alcohol motifs (C(OH)–C–C–N with tert-alkyl or cyclic N) is 1. The van der Waals surface area contributed by atoms with Crippen LogP contribution in [0.4, 0.5) is 0 Å². The van der Waals surface area contributed by atoms with Crippen molar-refractivity contribution in [3.05, 3.63) is 98.5 Å². The Labute approximate surface area is 208 Å². The van der Waals surface area contributed by atoms with Gasteiger partial charge in [-0.15, -0.1) is 0 Å². The maximum atomic E-state index is 13.6. The van der Waals surface area contributed by atoms with Crippen LogP contribution in [-0.4, -0.2) is 61.6 Å². The number of hydrogen-bond donors (Lipinski definition) is 1. The lowest BCUT2D eigenvalue weighted by Gasteiger charge is -2.30. The highest BCUT2D eigenvalue weighted by molar-refractivity contribution is 5.70. The molecule has 1 unspecified atom stereocenters. The van der Waals surface area contributed by atoms with Crippen molar-refractivity contribution >= 4 is 11.2 Å². The van der Waals surface area contributed by atoms with E-state index >= 15 is 0 Å². The maximum absolute atomic E-state index is 13.6. The topological polar surface area (TPSA) is 94.5 Å². The summed E-state index contributed by atoms with van der Waals surface area (Å²) < 4.78 is 9.57. The molecule has 1 aliphatic rings. The van der Waals surface area contributed by atoms with E-state index < -0.39 is 17.4 Å². The van der Waals surface area contributed by atoms with Crippen LogP contribution in [0, 0.1) is 0 Å². The molecule has 0 fully saturated rings. The molecule has 0 aliphatic carbocycles. The number of hydrogen-bond acceptors (Lipinski definition) is 6. The Bertz CT molecular complexity index is 1460. The van der Waals surface area contributed by atoms with Gasteiger partial charge in [0.15, 0.2) is 11.2 Å². The van der Waals surface area contributed by atoms with E-state index in [0.29, 0.717) is 30.9 Å². The number of nitrogens with zero attached hydrogens (tertiary/aromatic N) is 5. The average Bonchev–Trinajstić information content (AvgIpc) is 3.32. The van der Waals surface area contributed by atoms with Gasteiger partial charge in [0.1, 0.15) is 0 Å². The molecule has 1 atom stereocenters. The van der Waals surface area contributed by atoms with Gasteiger partial charge in [-0.25, -0.2) is 9.78 Å². The van der Waals surface area contributed by atoms with Crippen molar-refractivity contribution in [2.45, 2.75) is 38.7 Å². The molecule has 3 heterocycles. The largest absolute Gasteiger partial charge is 0.390 e. The Hall–Kier alpha value is -3.53. The minimum absolute atomic E-state index is 0.0873. The number of aromatic nitrogens is 4. The molecule has 1 aliphatic heterocycles. The number of methoxy groups -OCH3 is 1. The third kappa shape index (κ3) is 4.90. The summed E-state index contributed by atoms with van der Waals surface area (Å²) in [4.78, 5) is 33.6. The average molecular weight is 490 g/mol. The Morgan fingerprint density at radius 3 is 2.53 bits per heavy atom. The van der Waals surface area contributed by atoms with Gasteiger partial charge in [-0.1, -0.05) is 54.6 Å². The fourth-order valence-corrected chi connectivity index (χ4v) is 4.94. The maximum Gasteiger partial charge on any atom is 0.333 e. The third-order valence-electron chi connectivity index (χ3n) is 6.78. The summed E-state index contributed by atoms with van der Waals surface area (Å²) in [5, 5.41) is 11.0. The molecule has 36 heavy (non-hydrogen) atoms. The van der Waals surface area contributed by atoms with Crippen molar-refractivity contribution in [3.63, 3.8) is 0 Å². The molecule has 2 aromatic heterocycles. The van der Waals surface area contributed by atoms with Crippen LogP contribution in [0.15, 0.2) is 70.5 Å². The fraction of sp³-hybridized carbons (Fsp3) is 0.370. The molecule has 9 heteroatoms. The summed E-state index contributed by atoms with van der Waals surface area (Å²) in [6.45, 7) is 2.96. The molecule has 0 radical (unpaired) electrons. The molecule has 0 saturated heterocycles. The van der Waals surface area contributed by atoms with Gasteiger partial charge in [-0.3, -0.25) is 18.8 Å². The zero-order chi connectivity index (χ0) is 25.1. The van der Waals surface area contributed by atoms with E-state index in [-0.39, 0.29) is 13.1 Å². The summed E-state index contributed by atoms with van der Waals surface area (Å²) in [5.41, 5.74) is 3.25. The second kappa shape index (κ2) is 10.6. The van der Waals surface area contributed by atoms with Crippen LogP contribution in [0.5, 0.6) is 0 Å². The van der Waals surface area contributed by atoms with Crippen molar-refractivity contribution in [1.29, 1.82) is 0 Å². The van der Waals surface area contributed by atoms with Crippen LogP contribution in [0.3, 0.4) is 0 Å². The van der Waals surface area contributed by atoms with E-state index in [4.69, 9.17) is 4.74 Å². The minimum atomic E-state index is -0.876. The molecular weight excluding hydrogens is 458 g/mol. The van der Waals surface area contributed by atoms with Crippen molar-refractivity contribution in [3.8, 4) is 0 Å². The van der Waals surface area contributed by atoms with E-state index in [0.717, 1.165) is 29.6 Å². The molecule has 5 rings (SSSR count). The first-order valence-corrected chi connectivity index (χ1v) is 12.2. The van der Waals surface area contributed by atoms with E-state index in [9.17, 15) is 14.7 Å². The van der Waals surface area contributed by atoms with E-state index in [1.807, 2.05) is 42.5 Å². The van der Waals surface area contributed by atoms with Gasteiger partial charge in [0.05, 0.1) is 32.1 Å². The molecule has 1 N–H and O–H groups in total. The van der Waals surface area contributed by atoms with Gasteiger partial charge in [-0.2, -0.15) is 0 Å². The number of fused-ring (bicyclic) bond motifs is 2. The second-order valence-corrected chi connectivity index (χ2v) is 9.28. The normalized spacial score (nSPS) is 14.7. The first-order valence-electron chi connectivity index (χ1n) is 12.2. The fourth-order valence-electron chi connectivity index (χ4n) is 4.94. The second-order valence-electron chi connectivity index (χ2n) is 9.28. The van der Waals surface area contributed by atoms with Crippen molar-refractivity contribution in [1.82, 2.24) is 23.6 Å². The summed E-state index contributed by atoms with van der Waals surface area (Å²) in [6, 6.07) is 17.9. The summed E-state index contributed by atoms with van der Waals surface area (Å²) in [7, 11) is 1.60. The highest BCUT2D eigenvalue weighted by atomic mass is 16.5. The quantitative estimate of drug-likeness (QED) is 0.383. The van der Waals surface area contributed by atoms with E-state index in [1.54, 1.807) is 18.0 Å². The Morgan fingerprint density at radius 1 is 1.00 bits per heavy atom. The molecule has 188 valence electrons. The Balaban J connectivity index is 1.46. The van der Waals surface area contributed by atoms with E-state index in [1.165, 1.54) is 15.7 Å². The van der Waals surface area contributed by atoms with Gasteiger partial charge in [0.25, 0.3) is 5.56 Å². The number of aliphatic hydroxyl groups excluding tert-OH is 1. The van der Waals surface area contributed by atoms with Gasteiger partial charge < -0.3 is 14.4 Å². The summed E-state index contributed by atoms with van der Waals surface area (Å²) in [5.74, 6) is 0. The lowest BCUT2D eigenvalue weighted by molar-refractivity contribution is 0.0897. The molecule has 0 bridgehead atoms. The predicted octanol–water partition coefficient (Wildman–Crippen LogP) is 1.47. The molecule has 2 aromatic carbocycles. The Morgan fingerprint density at radius 2 is 1.75 bits per heavy atom. The molecule has 0 saturated carbocycles. The van der Waals surface area contributed by atoms with Crippen LogP contribution in [0.25, 0.3) is 11.2 Å². The van der Waals surface area contributed by atoms with Crippen molar-refractivity contribution in [2.24, 2.45) is 0 Å². The van der Waals surface area contributed by atoms with E-state index in [2.05, 4.69) is 22.0 Å². The molecule has 0 amide bonds. The van der Waals surface area contributed by atoms with Gasteiger partial charge in [-0.05, 0) is 23.1 Å². The zero-order valence-electron chi connectivity index (χ0n) is 20.4. The van der Waals surface area contributed by atoms with Crippen molar-refractivity contribution < 1.29 is 9.84 Å². The number of imidazole rings is 1. The van der Waals surface area contributed by atoms with Crippen LogP contribution in [0.2, 0.25) is 0 Å². The number of rotatable bonds is 9. The Kier molecular flexibility index (Phi) is 7.13. The third-order valence-corrected chi connectivity index (χ3v) is 6.78. The number of aliphatic hydroxyl groups is 1. The van der Waals surface area contributed by atoms with Gasteiger partial charge >= 0.3 is 5.69 Å². The molecule has 4 aromatic rings. The van der Waals surface area contributed by atoms with Crippen LogP contribution < -0.4 is 11.2 Å². The molecular formula is C27H31N5O4. The SMILES string of the molecule is COCCn1cnc2c1c(=O)n(CC(O)CN1CCc3ccccc3C1)c(=O)n2Cc1ccccc1. The standard InChI is InChI=1S/C27H31N5O4/c1-36-14-13-30-19-28-25-24(30)26(34)32(27(35)31(25)15-20-7-3-2-4-8-20)18-23(33)17-29-12-11-21-9-5-6-10-22(21)16-29/h2-10,19,23,33H,11-18H2,1H3. The number of benzene rings is 2. The highest BCUT2D eigenvalue weighted by Gasteiger charge is 2.23.